The van der Waals surface area contributed by atoms with E-state index in [1.165, 1.54) is 17.7 Å². The third kappa shape index (κ3) is 6.34. The topological polar surface area (TPSA) is 30.0 Å². The van der Waals surface area contributed by atoms with Crippen molar-refractivity contribution in [1.82, 2.24) is 4.98 Å². The number of pyridine rings is 1. The normalized spacial score (nSPS) is 12.2. The van der Waals surface area contributed by atoms with E-state index < -0.39 is 18.9 Å². The number of halogens is 3. The molecule has 0 N–H and O–H groups in total. The van der Waals surface area contributed by atoms with Gasteiger partial charge in [0.1, 0.15) is 0 Å². The molecule has 5 aromatic carbocycles. The van der Waals surface area contributed by atoms with Gasteiger partial charge in [-0.2, -0.15) is 13.2 Å². The van der Waals surface area contributed by atoms with Crippen LogP contribution >= 0.6 is 7.14 Å². The highest BCUT2D eigenvalue weighted by molar-refractivity contribution is 7.85. The van der Waals surface area contributed by atoms with Crippen molar-refractivity contribution in [3.05, 3.63) is 157 Å². The van der Waals surface area contributed by atoms with Gasteiger partial charge in [-0.1, -0.05) is 142 Å². The van der Waals surface area contributed by atoms with Crippen LogP contribution in [0.2, 0.25) is 0 Å². The van der Waals surface area contributed by atoms with Crippen molar-refractivity contribution >= 4 is 23.1 Å². The summed E-state index contributed by atoms with van der Waals surface area (Å²) in [7, 11) is -3.14. The molecule has 0 spiro atoms. The predicted molar refractivity (Wildman–Crippen MR) is 184 cm³/mol. The molecule has 0 atom stereocenters. The highest BCUT2D eigenvalue weighted by atomic mass is 31.2. The van der Waals surface area contributed by atoms with Crippen LogP contribution < -0.4 is 15.9 Å². The van der Waals surface area contributed by atoms with Gasteiger partial charge >= 0.3 is 6.18 Å². The summed E-state index contributed by atoms with van der Waals surface area (Å²) in [6.45, 7) is 6.46. The Morgan fingerprint density at radius 2 is 0.870 bits per heavy atom. The third-order valence-corrected chi connectivity index (χ3v) is 11.3. The lowest BCUT2D eigenvalue weighted by molar-refractivity contribution is -0.137. The molecule has 0 bridgehead atoms. The molecule has 0 fully saturated rings. The van der Waals surface area contributed by atoms with Crippen molar-refractivity contribution in [1.29, 1.82) is 0 Å². The van der Waals surface area contributed by atoms with Crippen molar-refractivity contribution in [3.8, 4) is 33.6 Å². The first-order chi connectivity index (χ1) is 21.9. The Labute approximate surface area is 268 Å². The van der Waals surface area contributed by atoms with Crippen LogP contribution in [0.5, 0.6) is 0 Å². The largest absolute Gasteiger partial charge is 0.416 e. The van der Waals surface area contributed by atoms with Gasteiger partial charge in [-0.05, 0) is 46.4 Å². The molecule has 46 heavy (non-hydrogen) atoms. The zero-order valence-electron chi connectivity index (χ0n) is 25.8. The summed E-state index contributed by atoms with van der Waals surface area (Å²) in [6, 6.07) is 43.9. The molecule has 0 unspecified atom stereocenters. The third-order valence-electron chi connectivity index (χ3n) is 8.18. The number of nitrogens with zero attached hydrogens (tertiary/aromatic N) is 1. The summed E-state index contributed by atoms with van der Waals surface area (Å²) >= 11 is 0. The van der Waals surface area contributed by atoms with E-state index in [0.29, 0.717) is 22.3 Å². The smallest absolute Gasteiger partial charge is 0.309 e. The van der Waals surface area contributed by atoms with E-state index in [2.05, 4.69) is 32.9 Å². The maximum Gasteiger partial charge on any atom is 0.416 e. The van der Waals surface area contributed by atoms with Gasteiger partial charge in [0.2, 0.25) is 0 Å². The standard InChI is InChI=1S/C40H33F3NOP/c1-39(2,3)32-20-14-29(15-21-32)37-26-31(27-38(44-37)30-16-22-33(23-17-30)40(41,42)43)28-18-24-36(25-19-28)46(45,34-10-6-4-7-11-34)35-12-8-5-9-13-35/h4-27H,1-3H3. The quantitative estimate of drug-likeness (QED) is 0.171. The number of hydrogen-bond donors (Lipinski definition) is 0. The number of rotatable bonds is 6. The highest BCUT2D eigenvalue weighted by Crippen LogP contribution is 2.43. The second-order valence-electron chi connectivity index (χ2n) is 12.4. The maximum atomic E-state index is 14.9. The SMILES string of the molecule is CC(C)(C)c1ccc(-c2cc(-c3ccc(P(=O)(c4ccccc4)c4ccccc4)cc3)cc(-c3ccc(C(F)(F)F)cc3)n2)cc1. The Bertz CT molecular complexity index is 1880. The van der Waals surface area contributed by atoms with E-state index in [0.717, 1.165) is 39.4 Å². The van der Waals surface area contributed by atoms with Crippen LogP contribution in [0, 0.1) is 0 Å². The number of aromatic nitrogens is 1. The van der Waals surface area contributed by atoms with Crippen molar-refractivity contribution in [2.24, 2.45) is 0 Å². The van der Waals surface area contributed by atoms with Crippen LogP contribution in [-0.4, -0.2) is 4.98 Å². The zero-order valence-corrected chi connectivity index (χ0v) is 26.7. The molecule has 0 amide bonds. The molecule has 6 rings (SSSR count). The minimum Gasteiger partial charge on any atom is -0.309 e. The van der Waals surface area contributed by atoms with Gasteiger partial charge in [0, 0.05) is 27.0 Å². The minimum absolute atomic E-state index is 0.0140. The van der Waals surface area contributed by atoms with Crippen molar-refractivity contribution < 1.29 is 17.7 Å². The molecule has 0 aliphatic carbocycles. The molecule has 230 valence electrons. The molecule has 0 saturated heterocycles. The number of alkyl halides is 3. The molecular weight excluding hydrogens is 598 g/mol. The van der Waals surface area contributed by atoms with Gasteiger partial charge in [0.25, 0.3) is 0 Å². The highest BCUT2D eigenvalue weighted by Gasteiger charge is 2.31. The molecule has 1 heterocycles. The predicted octanol–water partition coefficient (Wildman–Crippen LogP) is 10.0. The van der Waals surface area contributed by atoms with Crippen LogP contribution in [-0.2, 0) is 16.2 Å². The first kappa shape index (κ1) is 31.3. The van der Waals surface area contributed by atoms with Gasteiger partial charge in [-0.25, -0.2) is 4.98 Å². The van der Waals surface area contributed by atoms with Gasteiger partial charge in [0.05, 0.1) is 17.0 Å². The first-order valence-corrected chi connectivity index (χ1v) is 16.8. The van der Waals surface area contributed by atoms with Crippen LogP contribution in [0.4, 0.5) is 13.2 Å². The van der Waals surface area contributed by atoms with Crippen molar-refractivity contribution in [3.63, 3.8) is 0 Å². The molecule has 6 heteroatoms. The number of hydrogen-bond acceptors (Lipinski definition) is 2. The monoisotopic (exact) mass is 631 g/mol. The van der Waals surface area contributed by atoms with Crippen molar-refractivity contribution in [2.75, 3.05) is 0 Å². The van der Waals surface area contributed by atoms with E-state index in [9.17, 15) is 17.7 Å². The van der Waals surface area contributed by atoms with E-state index in [4.69, 9.17) is 4.98 Å². The Kier molecular flexibility index (Phi) is 8.31. The Balaban J connectivity index is 1.45. The fourth-order valence-corrected chi connectivity index (χ4v) is 8.20. The van der Waals surface area contributed by atoms with Crippen molar-refractivity contribution in [2.45, 2.75) is 32.4 Å². The fourth-order valence-electron chi connectivity index (χ4n) is 5.55. The van der Waals surface area contributed by atoms with Crippen LogP contribution in [0.3, 0.4) is 0 Å². The average molecular weight is 632 g/mol. The summed E-state index contributed by atoms with van der Waals surface area (Å²) in [5.41, 5.74) is 4.93. The average Bonchev–Trinajstić information content (AvgIpc) is 3.08. The second-order valence-corrected chi connectivity index (χ2v) is 15.1. The summed E-state index contributed by atoms with van der Waals surface area (Å²) < 4.78 is 54.8. The Morgan fingerprint density at radius 1 is 0.478 bits per heavy atom. The first-order valence-electron chi connectivity index (χ1n) is 15.1. The lowest BCUT2D eigenvalue weighted by atomic mass is 9.86. The summed E-state index contributed by atoms with van der Waals surface area (Å²) in [5.74, 6) is 0. The lowest BCUT2D eigenvalue weighted by Gasteiger charge is -2.20. The Morgan fingerprint density at radius 3 is 1.28 bits per heavy atom. The molecule has 0 saturated carbocycles. The van der Waals surface area contributed by atoms with Gasteiger partial charge in [0.15, 0.2) is 7.14 Å². The summed E-state index contributed by atoms with van der Waals surface area (Å²) in [5, 5.41) is 2.22. The van der Waals surface area contributed by atoms with E-state index >= 15 is 0 Å². The van der Waals surface area contributed by atoms with Crippen LogP contribution in [0.25, 0.3) is 33.6 Å². The van der Waals surface area contributed by atoms with Gasteiger partial charge < -0.3 is 4.57 Å². The summed E-state index contributed by atoms with van der Waals surface area (Å²) in [4.78, 5) is 4.89. The fraction of sp³-hybridized carbons (Fsp3) is 0.125. The molecule has 6 aromatic rings. The molecule has 1 aromatic heterocycles. The molecule has 2 nitrogen and oxygen atoms in total. The second kappa shape index (κ2) is 12.2. The Hall–Kier alpha value is -4.73. The molecule has 0 radical (unpaired) electrons. The molecular formula is C40H33F3NOP. The molecule has 0 aliphatic rings. The van der Waals surface area contributed by atoms with E-state index in [-0.39, 0.29) is 5.41 Å². The number of benzene rings is 5. The molecule has 0 aliphatic heterocycles. The van der Waals surface area contributed by atoms with E-state index in [1.807, 2.05) is 109 Å². The summed E-state index contributed by atoms with van der Waals surface area (Å²) in [6.07, 6.45) is -4.42. The van der Waals surface area contributed by atoms with Gasteiger partial charge in [-0.15, -0.1) is 0 Å². The van der Waals surface area contributed by atoms with Gasteiger partial charge in [-0.3, -0.25) is 0 Å². The van der Waals surface area contributed by atoms with Crippen LogP contribution in [0.15, 0.2) is 146 Å². The minimum atomic E-state index is -4.42. The lowest BCUT2D eigenvalue weighted by Crippen LogP contribution is -2.24. The van der Waals surface area contributed by atoms with Crippen LogP contribution in [0.1, 0.15) is 31.9 Å². The zero-order chi connectivity index (χ0) is 32.5. The van der Waals surface area contributed by atoms with E-state index in [1.54, 1.807) is 0 Å². The maximum absolute atomic E-state index is 14.9.